The summed E-state index contributed by atoms with van der Waals surface area (Å²) < 4.78 is 5.10. The van der Waals surface area contributed by atoms with E-state index in [2.05, 4.69) is 10.5 Å². The number of nitrogens with two attached hydrogens (primary N) is 1. The second-order valence-electron chi connectivity index (χ2n) is 2.37. The summed E-state index contributed by atoms with van der Waals surface area (Å²) in [6.07, 6.45) is 2.21. The van der Waals surface area contributed by atoms with Crippen LogP contribution in [0.3, 0.4) is 0 Å². The number of amides is 2. The van der Waals surface area contributed by atoms with Gasteiger partial charge in [0.1, 0.15) is 11.5 Å². The molecule has 1 rings (SSSR count). The normalized spacial score (nSPS) is 11.3. The number of nitrogens with zero attached hydrogens (tertiary/aromatic N) is 1. The van der Waals surface area contributed by atoms with Gasteiger partial charge >= 0.3 is 6.03 Å². The first-order valence-corrected chi connectivity index (χ1v) is 3.90. The summed E-state index contributed by atoms with van der Waals surface area (Å²) in [5.41, 5.74) is 7.67. The average molecular weight is 181 g/mol. The third-order valence-electron chi connectivity index (χ3n) is 1.44. The van der Waals surface area contributed by atoms with Crippen LogP contribution < -0.4 is 11.2 Å². The molecular weight excluding hydrogens is 170 g/mol. The Labute approximate surface area is 75.6 Å². The van der Waals surface area contributed by atoms with Gasteiger partial charge in [-0.25, -0.2) is 10.2 Å². The standard InChI is InChI=1S/C8H11N3O2/c1-2-6(10-11-8(9)12)7-4-3-5-13-7/h3-5H,2H2,1H3,(H3,9,11,12). The fraction of sp³-hybridized carbons (Fsp3) is 0.250. The SMILES string of the molecule is CCC(=NNC(N)=O)c1ccco1. The zero-order valence-electron chi connectivity index (χ0n) is 7.28. The van der Waals surface area contributed by atoms with Crippen LogP contribution in [0.25, 0.3) is 0 Å². The third kappa shape index (κ3) is 2.62. The second kappa shape index (κ2) is 4.30. The van der Waals surface area contributed by atoms with Crippen molar-refractivity contribution in [1.82, 2.24) is 5.43 Å². The molecule has 5 nitrogen and oxygen atoms in total. The number of hydrazone groups is 1. The van der Waals surface area contributed by atoms with Gasteiger partial charge in [-0.2, -0.15) is 5.10 Å². The number of nitrogens with one attached hydrogen (secondary N) is 1. The summed E-state index contributed by atoms with van der Waals surface area (Å²) in [7, 11) is 0. The van der Waals surface area contributed by atoms with E-state index in [4.69, 9.17) is 10.2 Å². The molecule has 0 saturated heterocycles. The van der Waals surface area contributed by atoms with Crippen LogP contribution in [0.15, 0.2) is 27.9 Å². The second-order valence-corrected chi connectivity index (χ2v) is 2.37. The molecule has 0 radical (unpaired) electrons. The quantitative estimate of drug-likeness (QED) is 0.540. The van der Waals surface area contributed by atoms with E-state index < -0.39 is 6.03 Å². The average Bonchev–Trinajstić information content (AvgIpc) is 2.58. The Morgan fingerprint density at radius 3 is 3.00 bits per heavy atom. The van der Waals surface area contributed by atoms with Crippen LogP contribution in [0.1, 0.15) is 19.1 Å². The van der Waals surface area contributed by atoms with Gasteiger partial charge in [-0.1, -0.05) is 6.92 Å². The number of primary amides is 1. The molecule has 0 aliphatic heterocycles. The number of furan rings is 1. The van der Waals surface area contributed by atoms with E-state index >= 15 is 0 Å². The van der Waals surface area contributed by atoms with Gasteiger partial charge in [-0.15, -0.1) is 0 Å². The first-order valence-electron chi connectivity index (χ1n) is 3.90. The lowest BCUT2D eigenvalue weighted by atomic mass is 10.2. The smallest absolute Gasteiger partial charge is 0.332 e. The van der Waals surface area contributed by atoms with E-state index in [-0.39, 0.29) is 0 Å². The molecular formula is C8H11N3O2. The first-order chi connectivity index (χ1) is 6.24. The molecule has 13 heavy (non-hydrogen) atoms. The van der Waals surface area contributed by atoms with E-state index in [1.807, 2.05) is 6.92 Å². The molecule has 0 atom stereocenters. The third-order valence-corrected chi connectivity index (χ3v) is 1.44. The van der Waals surface area contributed by atoms with Gasteiger partial charge in [-0.3, -0.25) is 0 Å². The van der Waals surface area contributed by atoms with Gasteiger partial charge in [0.15, 0.2) is 0 Å². The molecule has 3 N–H and O–H groups in total. The fourth-order valence-electron chi connectivity index (χ4n) is 0.874. The number of hydrogen-bond donors (Lipinski definition) is 2. The first kappa shape index (κ1) is 9.31. The lowest BCUT2D eigenvalue weighted by Gasteiger charge is -1.98. The largest absolute Gasteiger partial charge is 0.463 e. The van der Waals surface area contributed by atoms with Gasteiger partial charge < -0.3 is 10.2 Å². The van der Waals surface area contributed by atoms with Gasteiger partial charge in [0.2, 0.25) is 0 Å². The zero-order chi connectivity index (χ0) is 9.68. The Morgan fingerprint density at radius 2 is 2.54 bits per heavy atom. The number of urea groups is 1. The van der Waals surface area contributed by atoms with E-state index in [1.165, 1.54) is 0 Å². The van der Waals surface area contributed by atoms with E-state index in [9.17, 15) is 4.79 Å². The van der Waals surface area contributed by atoms with Crippen molar-refractivity contribution in [3.8, 4) is 0 Å². The number of rotatable bonds is 3. The van der Waals surface area contributed by atoms with Gasteiger partial charge in [-0.05, 0) is 18.6 Å². The van der Waals surface area contributed by atoms with Crippen LogP contribution in [-0.4, -0.2) is 11.7 Å². The Kier molecular flexibility index (Phi) is 3.08. The van der Waals surface area contributed by atoms with Crippen molar-refractivity contribution in [3.05, 3.63) is 24.2 Å². The van der Waals surface area contributed by atoms with E-state index in [0.717, 1.165) is 0 Å². The predicted molar refractivity (Wildman–Crippen MR) is 48.3 cm³/mol. The Hall–Kier alpha value is -1.78. The minimum absolute atomic E-state index is 0.635. The molecule has 0 aliphatic carbocycles. The number of carbonyl (C=O) groups excluding carboxylic acids is 1. The maximum absolute atomic E-state index is 10.4. The molecule has 1 aromatic rings. The summed E-state index contributed by atoms with van der Waals surface area (Å²) in [5, 5.41) is 3.78. The highest BCUT2D eigenvalue weighted by molar-refractivity contribution is 5.98. The molecule has 0 bridgehead atoms. The monoisotopic (exact) mass is 181 g/mol. The molecule has 1 heterocycles. The minimum Gasteiger partial charge on any atom is -0.463 e. The molecule has 0 unspecified atom stereocenters. The number of hydrogen-bond acceptors (Lipinski definition) is 3. The fourth-order valence-corrected chi connectivity index (χ4v) is 0.874. The molecule has 0 saturated carbocycles. The molecule has 0 fully saturated rings. The van der Waals surface area contributed by atoms with Crippen molar-refractivity contribution in [3.63, 3.8) is 0 Å². The van der Waals surface area contributed by atoms with Crippen molar-refractivity contribution in [2.24, 2.45) is 10.8 Å². The molecule has 5 heteroatoms. The Morgan fingerprint density at radius 1 is 1.77 bits per heavy atom. The predicted octanol–water partition coefficient (Wildman–Crippen LogP) is 1.06. The van der Waals surface area contributed by atoms with Crippen LogP contribution in [0.2, 0.25) is 0 Å². The molecule has 0 aliphatic rings. The summed E-state index contributed by atoms with van der Waals surface area (Å²) in [4.78, 5) is 10.4. The lowest BCUT2D eigenvalue weighted by Crippen LogP contribution is -2.25. The highest BCUT2D eigenvalue weighted by Gasteiger charge is 2.03. The van der Waals surface area contributed by atoms with Crippen molar-refractivity contribution < 1.29 is 9.21 Å². The summed E-state index contributed by atoms with van der Waals surface area (Å²) >= 11 is 0. The zero-order valence-corrected chi connectivity index (χ0v) is 7.28. The summed E-state index contributed by atoms with van der Waals surface area (Å²) in [6.45, 7) is 1.91. The minimum atomic E-state index is -0.683. The van der Waals surface area contributed by atoms with Crippen LogP contribution >= 0.6 is 0 Å². The van der Waals surface area contributed by atoms with Gasteiger partial charge in [0.25, 0.3) is 0 Å². The van der Waals surface area contributed by atoms with E-state index in [0.29, 0.717) is 17.9 Å². The topological polar surface area (TPSA) is 80.6 Å². The molecule has 0 spiro atoms. The highest BCUT2D eigenvalue weighted by Crippen LogP contribution is 2.04. The van der Waals surface area contributed by atoms with Crippen LogP contribution in [-0.2, 0) is 0 Å². The highest BCUT2D eigenvalue weighted by atomic mass is 16.3. The van der Waals surface area contributed by atoms with E-state index in [1.54, 1.807) is 18.4 Å². The maximum atomic E-state index is 10.4. The van der Waals surface area contributed by atoms with Crippen LogP contribution in [0, 0.1) is 0 Å². The summed E-state index contributed by atoms with van der Waals surface area (Å²) in [6, 6.07) is 2.84. The maximum Gasteiger partial charge on any atom is 0.332 e. The van der Waals surface area contributed by atoms with Crippen molar-refractivity contribution in [1.29, 1.82) is 0 Å². The summed E-state index contributed by atoms with van der Waals surface area (Å²) in [5.74, 6) is 0.635. The molecule has 0 aromatic carbocycles. The molecule has 70 valence electrons. The van der Waals surface area contributed by atoms with Crippen molar-refractivity contribution >= 4 is 11.7 Å². The van der Waals surface area contributed by atoms with Gasteiger partial charge in [0, 0.05) is 0 Å². The van der Waals surface area contributed by atoms with Crippen molar-refractivity contribution in [2.45, 2.75) is 13.3 Å². The lowest BCUT2D eigenvalue weighted by molar-refractivity contribution is 0.249. The molecule has 2 amide bonds. The van der Waals surface area contributed by atoms with Crippen molar-refractivity contribution in [2.75, 3.05) is 0 Å². The number of carbonyl (C=O) groups is 1. The van der Waals surface area contributed by atoms with Gasteiger partial charge in [0.05, 0.1) is 6.26 Å². The Bertz CT molecular complexity index is 303. The van der Waals surface area contributed by atoms with Crippen LogP contribution in [0.4, 0.5) is 4.79 Å². The van der Waals surface area contributed by atoms with Crippen LogP contribution in [0.5, 0.6) is 0 Å². The molecule has 1 aromatic heterocycles. The Balaban J connectivity index is 2.73.